The fraction of sp³-hybridized carbons (Fsp3) is 0.174. The number of carbonyl (C=O) groups excluding carboxylic acids is 2. The number of aromatic nitrogens is 1. The number of aromatic hydroxyl groups is 1. The molecule has 2 aromatic carbocycles. The van der Waals surface area contributed by atoms with Crippen LogP contribution in [0.25, 0.3) is 5.76 Å². The molecule has 0 saturated carbocycles. The Morgan fingerprint density at radius 1 is 1.22 bits per heavy atom. The molecule has 9 heteroatoms. The molecule has 32 heavy (non-hydrogen) atoms. The number of rotatable bonds is 6. The molecule has 1 aliphatic rings. The van der Waals surface area contributed by atoms with Gasteiger partial charge in [0.2, 0.25) is 0 Å². The molecule has 1 amide bonds. The normalized spacial score (nSPS) is 17.6. The summed E-state index contributed by atoms with van der Waals surface area (Å²) < 4.78 is 10.7. The Kier molecular flexibility index (Phi) is 5.83. The first-order chi connectivity index (χ1) is 15.5. The number of Topliss-reactive ketones (excluding diaryl/α,β-unsaturated/α-hetero) is 1. The largest absolute Gasteiger partial charge is 0.507 e. The average molecular weight is 452 g/mol. The van der Waals surface area contributed by atoms with Gasteiger partial charge in [-0.25, -0.2) is 4.98 Å². The lowest BCUT2D eigenvalue weighted by Gasteiger charge is -2.23. The van der Waals surface area contributed by atoms with Crippen LogP contribution in [0.15, 0.2) is 59.6 Å². The second-order valence-corrected chi connectivity index (χ2v) is 7.75. The van der Waals surface area contributed by atoms with E-state index in [-0.39, 0.29) is 22.8 Å². The van der Waals surface area contributed by atoms with Crippen LogP contribution in [0.5, 0.6) is 17.2 Å². The number of phenols is 1. The van der Waals surface area contributed by atoms with E-state index >= 15 is 0 Å². The maximum absolute atomic E-state index is 13.1. The van der Waals surface area contributed by atoms with Crippen molar-refractivity contribution in [1.82, 2.24) is 4.98 Å². The highest BCUT2D eigenvalue weighted by molar-refractivity contribution is 7.14. The monoisotopic (exact) mass is 452 g/mol. The van der Waals surface area contributed by atoms with Crippen molar-refractivity contribution in [1.29, 1.82) is 0 Å². The molecule has 1 aliphatic heterocycles. The van der Waals surface area contributed by atoms with Gasteiger partial charge in [0.25, 0.3) is 5.78 Å². The number of hydrogen-bond acceptors (Lipinski definition) is 8. The van der Waals surface area contributed by atoms with Crippen LogP contribution in [0.2, 0.25) is 0 Å². The van der Waals surface area contributed by atoms with Gasteiger partial charge in [-0.2, -0.15) is 0 Å². The number of anilines is 1. The second kappa shape index (κ2) is 8.72. The summed E-state index contributed by atoms with van der Waals surface area (Å²) in [5.74, 6) is -1.37. The van der Waals surface area contributed by atoms with Crippen LogP contribution in [0.3, 0.4) is 0 Å². The zero-order valence-corrected chi connectivity index (χ0v) is 18.1. The van der Waals surface area contributed by atoms with Gasteiger partial charge in [0, 0.05) is 17.1 Å². The van der Waals surface area contributed by atoms with E-state index in [4.69, 9.17) is 9.47 Å². The zero-order chi connectivity index (χ0) is 22.8. The smallest absolute Gasteiger partial charge is 0.301 e. The van der Waals surface area contributed by atoms with Crippen LogP contribution in [-0.4, -0.2) is 40.6 Å². The summed E-state index contributed by atoms with van der Waals surface area (Å²) in [6.07, 6.45) is 1.53. The maximum atomic E-state index is 13.1. The third-order valence-electron chi connectivity index (χ3n) is 5.01. The van der Waals surface area contributed by atoms with Gasteiger partial charge >= 0.3 is 5.91 Å². The number of benzene rings is 2. The molecule has 2 heterocycles. The molecule has 8 nitrogen and oxygen atoms in total. The molecule has 3 aromatic rings. The topological polar surface area (TPSA) is 109 Å². The number of ketones is 1. The van der Waals surface area contributed by atoms with Gasteiger partial charge < -0.3 is 19.7 Å². The predicted molar refractivity (Wildman–Crippen MR) is 119 cm³/mol. The number of aliphatic hydroxyl groups is 1. The number of aliphatic hydroxyl groups excluding tert-OH is 1. The number of carbonyl (C=O) groups is 2. The van der Waals surface area contributed by atoms with Crippen molar-refractivity contribution in [2.45, 2.75) is 13.0 Å². The van der Waals surface area contributed by atoms with Crippen LogP contribution in [0, 0.1) is 0 Å². The summed E-state index contributed by atoms with van der Waals surface area (Å²) >= 11 is 1.19. The lowest BCUT2D eigenvalue weighted by molar-refractivity contribution is -0.132. The summed E-state index contributed by atoms with van der Waals surface area (Å²) in [4.78, 5) is 31.6. The molecule has 0 radical (unpaired) electrons. The molecule has 1 aromatic heterocycles. The Bertz CT molecular complexity index is 1200. The fourth-order valence-corrected chi connectivity index (χ4v) is 4.27. The van der Waals surface area contributed by atoms with E-state index in [0.717, 1.165) is 0 Å². The molecule has 0 spiro atoms. The van der Waals surface area contributed by atoms with E-state index in [1.807, 2.05) is 6.92 Å². The van der Waals surface area contributed by atoms with Crippen LogP contribution >= 0.6 is 11.3 Å². The van der Waals surface area contributed by atoms with Crippen LogP contribution in [-0.2, 0) is 9.59 Å². The molecule has 1 fully saturated rings. The van der Waals surface area contributed by atoms with Crippen LogP contribution in [0.1, 0.15) is 24.1 Å². The van der Waals surface area contributed by atoms with Gasteiger partial charge in [0.05, 0.1) is 25.3 Å². The Balaban J connectivity index is 1.93. The highest BCUT2D eigenvalue weighted by Crippen LogP contribution is 2.44. The summed E-state index contributed by atoms with van der Waals surface area (Å²) in [6.45, 7) is 2.27. The predicted octanol–water partition coefficient (Wildman–Crippen LogP) is 3.88. The van der Waals surface area contributed by atoms with E-state index in [1.165, 1.54) is 41.7 Å². The Morgan fingerprint density at radius 3 is 2.72 bits per heavy atom. The van der Waals surface area contributed by atoms with Crippen molar-refractivity contribution in [2.75, 3.05) is 18.6 Å². The van der Waals surface area contributed by atoms with Gasteiger partial charge in [-0.1, -0.05) is 18.2 Å². The van der Waals surface area contributed by atoms with Crippen molar-refractivity contribution in [3.05, 3.63) is 70.7 Å². The summed E-state index contributed by atoms with van der Waals surface area (Å²) in [7, 11) is 1.40. The SMILES string of the molecule is CCOc1cccc(/C(O)=C2\C(=O)C(=O)N(c3nccs3)C2c2ccc(O)c(OC)c2)c1. The highest BCUT2D eigenvalue weighted by Gasteiger charge is 2.48. The lowest BCUT2D eigenvalue weighted by atomic mass is 9.95. The third-order valence-corrected chi connectivity index (χ3v) is 5.78. The molecule has 4 rings (SSSR count). The number of hydrogen-bond donors (Lipinski definition) is 2. The Labute approximate surface area is 188 Å². The molecule has 1 atom stereocenters. The number of ether oxygens (including phenoxy) is 2. The van der Waals surface area contributed by atoms with Gasteiger partial charge in [-0.3, -0.25) is 14.5 Å². The van der Waals surface area contributed by atoms with Crippen molar-refractivity contribution >= 4 is 33.9 Å². The minimum absolute atomic E-state index is 0.0909. The van der Waals surface area contributed by atoms with E-state index < -0.39 is 17.7 Å². The molecular formula is C23H20N2O6S. The summed E-state index contributed by atoms with van der Waals surface area (Å²) in [5, 5.41) is 23.2. The van der Waals surface area contributed by atoms with Gasteiger partial charge in [0.15, 0.2) is 16.6 Å². The standard InChI is InChI=1S/C23H20N2O6S/c1-3-31-15-6-4-5-14(11-15)20(27)18-19(13-7-8-16(26)17(12-13)30-2)25(22(29)21(18)28)23-24-9-10-32-23/h4-12,19,26-27H,3H2,1-2H3/b20-18+. The molecule has 0 aliphatic carbocycles. The zero-order valence-electron chi connectivity index (χ0n) is 17.3. The van der Waals surface area contributed by atoms with Crippen molar-refractivity contribution < 1.29 is 29.3 Å². The Morgan fingerprint density at radius 2 is 2.03 bits per heavy atom. The van der Waals surface area contributed by atoms with Crippen molar-refractivity contribution in [2.24, 2.45) is 0 Å². The first-order valence-corrected chi connectivity index (χ1v) is 10.6. The number of phenolic OH excluding ortho intramolecular Hbond substituents is 1. The molecule has 1 unspecified atom stereocenters. The molecule has 164 valence electrons. The molecule has 1 saturated heterocycles. The first kappa shape index (κ1) is 21.4. The van der Waals surface area contributed by atoms with E-state index in [2.05, 4.69) is 4.98 Å². The molecule has 2 N–H and O–H groups in total. The maximum Gasteiger partial charge on any atom is 0.301 e. The number of thiazole rings is 1. The molecule has 0 bridgehead atoms. The minimum Gasteiger partial charge on any atom is -0.507 e. The minimum atomic E-state index is -0.966. The van der Waals surface area contributed by atoms with Crippen molar-refractivity contribution in [3.8, 4) is 17.2 Å². The first-order valence-electron chi connectivity index (χ1n) is 9.76. The van der Waals surface area contributed by atoms with Gasteiger partial charge in [0.1, 0.15) is 11.5 Å². The van der Waals surface area contributed by atoms with Crippen LogP contribution in [0.4, 0.5) is 5.13 Å². The van der Waals surface area contributed by atoms with Crippen molar-refractivity contribution in [3.63, 3.8) is 0 Å². The average Bonchev–Trinajstić information content (AvgIpc) is 3.41. The fourth-order valence-electron chi connectivity index (χ4n) is 3.60. The quantitative estimate of drug-likeness (QED) is 0.332. The van der Waals surface area contributed by atoms with Gasteiger partial charge in [-0.05, 0) is 36.8 Å². The second-order valence-electron chi connectivity index (χ2n) is 6.88. The number of nitrogens with zero attached hydrogens (tertiary/aromatic N) is 2. The Hall–Kier alpha value is -3.85. The van der Waals surface area contributed by atoms with Crippen LogP contribution < -0.4 is 14.4 Å². The third kappa shape index (κ3) is 3.67. The summed E-state index contributed by atoms with van der Waals surface area (Å²) in [6, 6.07) is 10.2. The summed E-state index contributed by atoms with van der Waals surface area (Å²) in [5.41, 5.74) is 0.715. The number of methoxy groups -OCH3 is 1. The highest BCUT2D eigenvalue weighted by atomic mass is 32.1. The van der Waals surface area contributed by atoms with E-state index in [9.17, 15) is 19.8 Å². The lowest BCUT2D eigenvalue weighted by Crippen LogP contribution is -2.29. The molecular weight excluding hydrogens is 432 g/mol. The van der Waals surface area contributed by atoms with E-state index in [0.29, 0.717) is 28.6 Å². The van der Waals surface area contributed by atoms with Gasteiger partial charge in [-0.15, -0.1) is 11.3 Å². The van der Waals surface area contributed by atoms with E-state index in [1.54, 1.807) is 35.7 Å². The number of amides is 1.